The second-order valence-electron chi connectivity index (χ2n) is 7.98. The highest BCUT2D eigenvalue weighted by Crippen LogP contribution is 2.39. The fourth-order valence-electron chi connectivity index (χ4n) is 4.05. The number of H-pyrrole nitrogens is 1. The van der Waals surface area contributed by atoms with Gasteiger partial charge in [0.15, 0.2) is 23.1 Å². The fourth-order valence-corrected chi connectivity index (χ4v) is 4.05. The summed E-state index contributed by atoms with van der Waals surface area (Å²) in [5.41, 5.74) is 5.94. The first-order valence-corrected chi connectivity index (χ1v) is 11.1. The molecule has 3 N–H and O–H groups in total. The van der Waals surface area contributed by atoms with Gasteiger partial charge < -0.3 is 19.9 Å². The van der Waals surface area contributed by atoms with Crippen LogP contribution in [0.5, 0.6) is 23.0 Å². The quantitative estimate of drug-likeness (QED) is 0.341. The lowest BCUT2D eigenvalue weighted by atomic mass is 10.0. The Balaban J connectivity index is 1.63. The zero-order chi connectivity index (χ0) is 26.1. The molecule has 0 unspecified atom stereocenters. The Morgan fingerprint density at radius 3 is 2.38 bits per heavy atom. The Bertz CT molecular complexity index is 1700. The average molecular weight is 500 g/mol. The summed E-state index contributed by atoms with van der Waals surface area (Å²) < 4.78 is 33.8. The number of ether oxygens (including phenoxy) is 3. The van der Waals surface area contributed by atoms with Crippen LogP contribution < -0.4 is 25.5 Å². The normalized spacial score (nSPS) is 10.9. The molecule has 37 heavy (non-hydrogen) atoms. The topological polar surface area (TPSA) is 121 Å². The van der Waals surface area contributed by atoms with Crippen LogP contribution in [0, 0.1) is 5.82 Å². The molecule has 0 aliphatic carbocycles. The molecule has 0 aliphatic rings. The predicted octanol–water partition coefficient (Wildman–Crippen LogP) is 4.43. The molecule has 0 aliphatic heterocycles. The summed E-state index contributed by atoms with van der Waals surface area (Å²) in [5, 5.41) is 3.40. The Hall–Kier alpha value is -5.12. The maximum atomic E-state index is 15.9. The molecule has 2 aromatic heterocycles. The fraction of sp³-hybridized carbons (Fsp3) is 0.0741. The van der Waals surface area contributed by atoms with Crippen molar-refractivity contribution >= 4 is 16.8 Å². The molecule has 0 saturated heterocycles. The first-order chi connectivity index (χ1) is 17.9. The Morgan fingerprint density at radius 2 is 1.68 bits per heavy atom. The highest BCUT2D eigenvalue weighted by atomic mass is 19.1. The van der Waals surface area contributed by atoms with Gasteiger partial charge in [-0.1, -0.05) is 18.2 Å². The van der Waals surface area contributed by atoms with Crippen LogP contribution >= 0.6 is 0 Å². The zero-order valence-electron chi connectivity index (χ0n) is 19.8. The summed E-state index contributed by atoms with van der Waals surface area (Å²) in [6.45, 7) is 0. The van der Waals surface area contributed by atoms with E-state index in [9.17, 15) is 9.59 Å². The predicted molar refractivity (Wildman–Crippen MR) is 135 cm³/mol. The molecule has 3 aromatic carbocycles. The molecule has 186 valence electrons. The Labute approximate surface area is 209 Å². The number of pyridine rings is 1. The van der Waals surface area contributed by atoms with E-state index in [0.29, 0.717) is 28.1 Å². The molecule has 9 nitrogen and oxygen atoms in total. The molecular weight excluding hydrogens is 479 g/mol. The lowest BCUT2D eigenvalue weighted by Gasteiger charge is -2.15. The monoisotopic (exact) mass is 500 g/mol. The van der Waals surface area contributed by atoms with Crippen molar-refractivity contribution in [3.8, 4) is 39.9 Å². The number of hydrogen-bond donors (Lipinski definition) is 2. The molecule has 1 amide bonds. The van der Waals surface area contributed by atoms with E-state index in [1.807, 2.05) is 0 Å². The van der Waals surface area contributed by atoms with Crippen LogP contribution in [0.2, 0.25) is 0 Å². The average Bonchev–Trinajstić information content (AvgIpc) is 3.30. The summed E-state index contributed by atoms with van der Waals surface area (Å²) in [4.78, 5) is 29.2. The highest BCUT2D eigenvalue weighted by Gasteiger charge is 2.23. The van der Waals surface area contributed by atoms with Crippen LogP contribution in [0.15, 0.2) is 77.7 Å². The number of primary amides is 1. The van der Waals surface area contributed by atoms with Crippen LogP contribution in [-0.4, -0.2) is 34.9 Å². The van der Waals surface area contributed by atoms with Crippen molar-refractivity contribution < 1.29 is 23.4 Å². The molecule has 0 fully saturated rings. The first-order valence-electron chi connectivity index (χ1n) is 11.1. The number of aromatic amines is 1. The number of hydrogen-bond acceptors (Lipinski definition) is 6. The number of para-hydroxylation sites is 1. The van der Waals surface area contributed by atoms with Crippen molar-refractivity contribution in [2.75, 3.05) is 14.2 Å². The van der Waals surface area contributed by atoms with Crippen LogP contribution in [0.25, 0.3) is 27.8 Å². The summed E-state index contributed by atoms with van der Waals surface area (Å²) in [5.74, 6) is -0.708. The second kappa shape index (κ2) is 9.50. The molecule has 10 heteroatoms. The number of benzene rings is 3. The van der Waals surface area contributed by atoms with Crippen molar-refractivity contribution in [1.29, 1.82) is 0 Å². The molecule has 0 spiro atoms. The summed E-state index contributed by atoms with van der Waals surface area (Å²) in [7, 11) is 3.01. The van der Waals surface area contributed by atoms with Gasteiger partial charge in [-0.25, -0.2) is 9.07 Å². The van der Waals surface area contributed by atoms with Crippen molar-refractivity contribution in [1.82, 2.24) is 14.8 Å². The molecule has 0 saturated carbocycles. The van der Waals surface area contributed by atoms with Crippen molar-refractivity contribution in [3.05, 3.63) is 94.7 Å². The third-order valence-corrected chi connectivity index (χ3v) is 5.80. The van der Waals surface area contributed by atoms with Gasteiger partial charge in [-0.2, -0.15) is 0 Å². The van der Waals surface area contributed by atoms with Gasteiger partial charge in [0, 0.05) is 23.7 Å². The number of fused-ring (bicyclic) bond motifs is 1. The van der Waals surface area contributed by atoms with Gasteiger partial charge >= 0.3 is 0 Å². The number of aromatic nitrogens is 3. The maximum absolute atomic E-state index is 15.9. The van der Waals surface area contributed by atoms with Crippen molar-refractivity contribution in [2.24, 2.45) is 5.73 Å². The van der Waals surface area contributed by atoms with Gasteiger partial charge in [0.25, 0.3) is 5.56 Å². The van der Waals surface area contributed by atoms with Crippen LogP contribution in [0.4, 0.5) is 4.39 Å². The number of carbonyl (C=O) groups excluding carboxylic acids is 1. The molecule has 2 heterocycles. The van der Waals surface area contributed by atoms with E-state index < -0.39 is 17.3 Å². The number of nitrogens with one attached hydrogen (secondary N) is 1. The Kier molecular flexibility index (Phi) is 6.06. The van der Waals surface area contributed by atoms with E-state index in [1.54, 1.807) is 48.5 Å². The van der Waals surface area contributed by atoms with E-state index >= 15 is 4.39 Å². The smallest absolute Gasteiger partial charge is 0.271 e. The SMILES string of the molecule is COc1cc2nccc(Oc3ccc(C(N)=O)c(-c4cc(=O)n(-c5ccccc5)[nH]4)c3F)c2cc1OC. The number of halogens is 1. The van der Waals surface area contributed by atoms with E-state index in [0.717, 1.165) is 0 Å². The van der Waals surface area contributed by atoms with Gasteiger partial charge in [0.05, 0.1) is 42.2 Å². The minimum atomic E-state index is -0.872. The minimum absolute atomic E-state index is 0.0663. The van der Waals surface area contributed by atoms with Gasteiger partial charge in [0.2, 0.25) is 5.91 Å². The molecular formula is C27H21FN4O5. The largest absolute Gasteiger partial charge is 0.493 e. The van der Waals surface area contributed by atoms with Crippen LogP contribution in [0.3, 0.4) is 0 Å². The molecule has 0 bridgehead atoms. The van der Waals surface area contributed by atoms with Crippen LogP contribution in [-0.2, 0) is 0 Å². The third-order valence-electron chi connectivity index (χ3n) is 5.80. The minimum Gasteiger partial charge on any atom is -0.493 e. The Morgan fingerprint density at radius 1 is 0.946 bits per heavy atom. The molecule has 5 aromatic rings. The first kappa shape index (κ1) is 23.6. The number of methoxy groups -OCH3 is 2. The number of rotatable bonds is 7. The highest BCUT2D eigenvalue weighted by molar-refractivity contribution is 6.00. The van der Waals surface area contributed by atoms with Gasteiger partial charge in [-0.15, -0.1) is 0 Å². The van der Waals surface area contributed by atoms with E-state index in [2.05, 4.69) is 10.1 Å². The summed E-state index contributed by atoms with van der Waals surface area (Å²) in [6.07, 6.45) is 1.51. The molecule has 0 radical (unpaired) electrons. The van der Waals surface area contributed by atoms with Crippen LogP contribution in [0.1, 0.15) is 10.4 Å². The van der Waals surface area contributed by atoms with Crippen molar-refractivity contribution in [2.45, 2.75) is 0 Å². The number of carbonyl (C=O) groups is 1. The van der Waals surface area contributed by atoms with Gasteiger partial charge in [-0.3, -0.25) is 19.7 Å². The maximum Gasteiger partial charge on any atom is 0.271 e. The zero-order valence-corrected chi connectivity index (χ0v) is 19.8. The van der Waals surface area contributed by atoms with Crippen molar-refractivity contribution in [3.63, 3.8) is 0 Å². The second-order valence-corrected chi connectivity index (χ2v) is 7.98. The van der Waals surface area contributed by atoms with E-state index in [-0.39, 0.29) is 28.3 Å². The lowest BCUT2D eigenvalue weighted by Crippen LogP contribution is -2.14. The standard InChI is InChI=1S/C27H21FN4O5/c1-35-22-12-17-18(13-23(22)36-2)30-11-10-20(17)37-21-9-8-16(27(29)34)25(26(21)28)19-14-24(33)32(31-19)15-6-4-3-5-7-15/h3-14,31H,1-2H3,(H2,29,34). The summed E-state index contributed by atoms with van der Waals surface area (Å²) >= 11 is 0. The van der Waals surface area contributed by atoms with E-state index in [4.69, 9.17) is 19.9 Å². The number of nitrogens with two attached hydrogens (primary N) is 1. The van der Waals surface area contributed by atoms with E-state index in [1.165, 1.54) is 43.3 Å². The number of nitrogens with zero attached hydrogens (tertiary/aromatic N) is 2. The van der Waals surface area contributed by atoms with Gasteiger partial charge in [0.1, 0.15) is 5.75 Å². The lowest BCUT2D eigenvalue weighted by molar-refractivity contribution is 0.100. The number of amides is 1. The summed E-state index contributed by atoms with van der Waals surface area (Å²) in [6, 6.07) is 17.5. The molecule has 0 atom stereocenters. The molecule has 5 rings (SSSR count). The van der Waals surface area contributed by atoms with Gasteiger partial charge in [-0.05, 0) is 36.4 Å². The third kappa shape index (κ3) is 4.25.